The maximum atomic E-state index is 12.8. The van der Waals surface area contributed by atoms with Gasteiger partial charge in [-0.25, -0.2) is 0 Å². The zero-order valence-corrected chi connectivity index (χ0v) is 20.1. The molecule has 0 aliphatic carbocycles. The van der Waals surface area contributed by atoms with E-state index in [4.69, 9.17) is 32.7 Å². The number of nitrogens with zero attached hydrogens (tertiary/aromatic N) is 1. The van der Waals surface area contributed by atoms with Crippen LogP contribution in [0.5, 0.6) is 11.5 Å². The fourth-order valence-corrected chi connectivity index (χ4v) is 3.63. The lowest BCUT2D eigenvalue weighted by atomic mass is 10.0. The third-order valence-corrected chi connectivity index (χ3v) is 5.43. The molecule has 0 heterocycles. The maximum Gasteiger partial charge on any atom is 0.276 e. The number of rotatable bonds is 10. The molecule has 2 amide bonds. The van der Waals surface area contributed by atoms with Crippen molar-refractivity contribution in [1.29, 1.82) is 0 Å². The van der Waals surface area contributed by atoms with Crippen LogP contribution in [0.15, 0.2) is 30.3 Å². The van der Waals surface area contributed by atoms with Crippen molar-refractivity contribution in [1.82, 2.24) is 10.6 Å². The van der Waals surface area contributed by atoms with Crippen LogP contribution in [0.25, 0.3) is 0 Å². The van der Waals surface area contributed by atoms with Gasteiger partial charge in [0.15, 0.2) is 11.5 Å². The van der Waals surface area contributed by atoms with Crippen LogP contribution in [0.3, 0.4) is 0 Å². The van der Waals surface area contributed by atoms with Crippen LogP contribution in [-0.2, 0) is 11.2 Å². The summed E-state index contributed by atoms with van der Waals surface area (Å²) >= 11 is 12.0. The molecule has 0 saturated carbocycles. The lowest BCUT2D eigenvalue weighted by Gasteiger charge is -2.22. The minimum Gasteiger partial charge on any atom is -0.493 e. The van der Waals surface area contributed by atoms with Crippen molar-refractivity contribution >= 4 is 40.7 Å². The van der Waals surface area contributed by atoms with Crippen LogP contribution >= 0.6 is 23.2 Å². The number of nitro groups is 1. The first kappa shape index (κ1) is 26.2. The van der Waals surface area contributed by atoms with Crippen LogP contribution in [0.2, 0.25) is 10.0 Å². The smallest absolute Gasteiger partial charge is 0.276 e. The van der Waals surface area contributed by atoms with Gasteiger partial charge in [-0.15, -0.1) is 0 Å². The Balaban J connectivity index is 2.10. The SMILES string of the molecule is COc1cc(CCNC(=O)[C@@H](NC(=O)c2ccc(Cl)cc2Cl)C(C)C)c([N+](=O)[O-])cc1OC. The van der Waals surface area contributed by atoms with Crippen LogP contribution in [0, 0.1) is 16.0 Å². The molecule has 11 heteroatoms. The number of benzene rings is 2. The molecule has 2 N–H and O–H groups in total. The van der Waals surface area contributed by atoms with Gasteiger partial charge in [0.25, 0.3) is 11.6 Å². The first-order valence-corrected chi connectivity index (χ1v) is 10.8. The topological polar surface area (TPSA) is 120 Å². The lowest BCUT2D eigenvalue weighted by Crippen LogP contribution is -2.50. The number of methoxy groups -OCH3 is 2. The monoisotopic (exact) mass is 497 g/mol. The van der Waals surface area contributed by atoms with Gasteiger partial charge in [-0.3, -0.25) is 19.7 Å². The Hall–Kier alpha value is -3.04. The average Bonchev–Trinajstić information content (AvgIpc) is 2.76. The molecule has 0 bridgehead atoms. The van der Waals surface area contributed by atoms with Gasteiger partial charge in [-0.05, 0) is 36.6 Å². The van der Waals surface area contributed by atoms with E-state index in [1.54, 1.807) is 13.8 Å². The second-order valence-electron chi connectivity index (χ2n) is 7.45. The number of ether oxygens (including phenoxy) is 2. The number of amides is 2. The van der Waals surface area contributed by atoms with Crippen molar-refractivity contribution < 1.29 is 24.0 Å². The zero-order valence-electron chi connectivity index (χ0n) is 18.6. The summed E-state index contributed by atoms with van der Waals surface area (Å²) in [6.45, 7) is 3.68. The van der Waals surface area contributed by atoms with Gasteiger partial charge in [-0.2, -0.15) is 0 Å². The first-order valence-electron chi connectivity index (χ1n) is 10.0. The number of hydrogen-bond acceptors (Lipinski definition) is 6. The molecule has 178 valence electrons. The third kappa shape index (κ3) is 6.72. The van der Waals surface area contributed by atoms with E-state index in [1.165, 1.54) is 44.6 Å². The minimum absolute atomic E-state index is 0.107. The molecule has 0 fully saturated rings. The highest BCUT2D eigenvalue weighted by Crippen LogP contribution is 2.34. The minimum atomic E-state index is -0.843. The van der Waals surface area contributed by atoms with Gasteiger partial charge in [-0.1, -0.05) is 37.0 Å². The number of nitrogens with one attached hydrogen (secondary N) is 2. The second kappa shape index (κ2) is 11.7. The Kier molecular flexibility index (Phi) is 9.31. The van der Waals surface area contributed by atoms with E-state index in [9.17, 15) is 19.7 Å². The van der Waals surface area contributed by atoms with Crippen LogP contribution in [0.4, 0.5) is 5.69 Å². The molecule has 0 radical (unpaired) electrons. The Morgan fingerprint density at radius 2 is 1.73 bits per heavy atom. The van der Waals surface area contributed by atoms with Gasteiger partial charge in [0.2, 0.25) is 5.91 Å². The maximum absolute atomic E-state index is 12.8. The summed E-state index contributed by atoms with van der Waals surface area (Å²) in [6.07, 6.45) is 0.171. The van der Waals surface area contributed by atoms with Crippen molar-refractivity contribution in [2.75, 3.05) is 20.8 Å². The molecule has 33 heavy (non-hydrogen) atoms. The van der Waals surface area contributed by atoms with Gasteiger partial charge in [0, 0.05) is 17.1 Å². The Morgan fingerprint density at radius 1 is 1.09 bits per heavy atom. The molecule has 0 saturated heterocycles. The predicted octanol–water partition coefficient (Wildman–Crippen LogP) is 4.03. The van der Waals surface area contributed by atoms with Gasteiger partial charge >= 0.3 is 0 Å². The largest absolute Gasteiger partial charge is 0.493 e. The molecule has 2 aromatic rings. The summed E-state index contributed by atoms with van der Waals surface area (Å²) in [5.74, 6) is -0.583. The quantitative estimate of drug-likeness (QED) is 0.377. The molecule has 2 aromatic carbocycles. The molecular weight excluding hydrogens is 473 g/mol. The van der Waals surface area contributed by atoms with E-state index in [2.05, 4.69) is 10.6 Å². The highest BCUT2D eigenvalue weighted by molar-refractivity contribution is 6.36. The number of nitro benzene ring substituents is 1. The van der Waals surface area contributed by atoms with Crippen molar-refractivity contribution in [2.45, 2.75) is 26.3 Å². The molecule has 2 rings (SSSR count). The summed E-state index contributed by atoms with van der Waals surface area (Å²) in [4.78, 5) is 36.3. The number of halogens is 2. The average molecular weight is 498 g/mol. The highest BCUT2D eigenvalue weighted by atomic mass is 35.5. The van der Waals surface area contributed by atoms with E-state index >= 15 is 0 Å². The zero-order chi connectivity index (χ0) is 24.7. The highest BCUT2D eigenvalue weighted by Gasteiger charge is 2.26. The van der Waals surface area contributed by atoms with Crippen molar-refractivity contribution in [3.05, 3.63) is 61.6 Å². The normalized spacial score (nSPS) is 11.6. The second-order valence-corrected chi connectivity index (χ2v) is 8.30. The van der Waals surface area contributed by atoms with Crippen molar-refractivity contribution in [2.24, 2.45) is 5.92 Å². The van der Waals surface area contributed by atoms with Crippen molar-refractivity contribution in [3.63, 3.8) is 0 Å². The fourth-order valence-electron chi connectivity index (χ4n) is 3.14. The molecule has 9 nitrogen and oxygen atoms in total. The Morgan fingerprint density at radius 3 is 2.27 bits per heavy atom. The summed E-state index contributed by atoms with van der Waals surface area (Å²) in [5.41, 5.74) is 0.421. The molecule has 0 aliphatic heterocycles. The van der Waals surface area contributed by atoms with E-state index in [-0.39, 0.29) is 40.9 Å². The van der Waals surface area contributed by atoms with E-state index in [0.717, 1.165) is 0 Å². The summed E-state index contributed by atoms with van der Waals surface area (Å²) in [6, 6.07) is 6.40. The fraction of sp³-hybridized carbons (Fsp3) is 0.364. The number of hydrogen-bond donors (Lipinski definition) is 2. The Labute approximate surface area is 201 Å². The van der Waals surface area contributed by atoms with E-state index < -0.39 is 22.8 Å². The summed E-state index contributed by atoms with van der Waals surface area (Å²) < 4.78 is 10.3. The van der Waals surface area contributed by atoms with Crippen LogP contribution in [0.1, 0.15) is 29.8 Å². The molecular formula is C22H25Cl2N3O6. The molecule has 0 spiro atoms. The summed E-state index contributed by atoms with van der Waals surface area (Å²) in [5, 5.41) is 17.4. The molecule has 0 aromatic heterocycles. The Bertz CT molecular complexity index is 1050. The van der Waals surface area contributed by atoms with Crippen LogP contribution in [-0.4, -0.2) is 43.5 Å². The number of carbonyl (C=O) groups is 2. The van der Waals surface area contributed by atoms with Crippen LogP contribution < -0.4 is 20.1 Å². The number of carbonyl (C=O) groups excluding carboxylic acids is 2. The standard InChI is InChI=1S/C22H25Cl2N3O6/c1-12(2)20(26-21(28)15-6-5-14(23)10-16(15)24)22(29)25-8-7-13-9-18(32-3)19(33-4)11-17(13)27(30)31/h5-6,9-12,20H,7-8H2,1-4H3,(H,25,29)(H,26,28)/t20-/m0/s1. The van der Waals surface area contributed by atoms with E-state index in [1.807, 2.05) is 0 Å². The third-order valence-electron chi connectivity index (χ3n) is 4.89. The molecule has 0 unspecified atom stereocenters. The van der Waals surface area contributed by atoms with Gasteiger partial charge in [0.1, 0.15) is 6.04 Å². The predicted molar refractivity (Wildman–Crippen MR) is 125 cm³/mol. The molecule has 0 aliphatic rings. The van der Waals surface area contributed by atoms with E-state index in [0.29, 0.717) is 16.3 Å². The van der Waals surface area contributed by atoms with Gasteiger partial charge < -0.3 is 20.1 Å². The first-order chi connectivity index (χ1) is 15.6. The lowest BCUT2D eigenvalue weighted by molar-refractivity contribution is -0.385. The molecule has 1 atom stereocenters. The summed E-state index contributed by atoms with van der Waals surface area (Å²) in [7, 11) is 2.82. The van der Waals surface area contributed by atoms with Gasteiger partial charge in [0.05, 0.1) is 35.8 Å². The van der Waals surface area contributed by atoms with Crippen molar-refractivity contribution in [3.8, 4) is 11.5 Å².